The average molecular weight is 615 g/mol. The summed E-state index contributed by atoms with van der Waals surface area (Å²) in [4.78, 5) is 30.7. The van der Waals surface area contributed by atoms with Crippen LogP contribution in [0, 0.1) is 11.3 Å². The Labute approximate surface area is 252 Å². The second-order valence-electron chi connectivity index (χ2n) is 13.0. The molecule has 0 spiro atoms. The molecule has 1 fully saturated rings. The molecule has 3 atom stereocenters. The van der Waals surface area contributed by atoms with Crippen LogP contribution in [0.3, 0.4) is 0 Å². The maximum absolute atomic E-state index is 13.6. The SMILES string of the molecule is CN(C)S(=O)(=O)Nc1ccc([C@@H](CCN2CC[C@@H](O)C2)CC(=O)c2nc3cc4c(nc3s2)CC[C@H](C(C)(C)C)C4)cn1. The number of aryl methyl sites for hydroxylation is 1. The number of nitrogens with zero attached hydrogens (tertiary/aromatic N) is 5. The summed E-state index contributed by atoms with van der Waals surface area (Å²) in [6, 6.07) is 5.60. The maximum Gasteiger partial charge on any atom is 0.302 e. The predicted octanol–water partition coefficient (Wildman–Crippen LogP) is 4.27. The van der Waals surface area contributed by atoms with Gasteiger partial charge in [0.1, 0.15) is 16.2 Å². The molecule has 2 N–H and O–H groups in total. The number of Topliss-reactive ketones (excluding diaryl/α,β-unsaturated/α-hetero) is 1. The zero-order valence-electron chi connectivity index (χ0n) is 25.1. The van der Waals surface area contributed by atoms with E-state index in [1.165, 1.54) is 31.0 Å². The van der Waals surface area contributed by atoms with E-state index >= 15 is 0 Å². The molecule has 4 heterocycles. The Kier molecular flexibility index (Phi) is 9.01. The van der Waals surface area contributed by atoms with Crippen molar-refractivity contribution in [2.75, 3.05) is 38.5 Å². The first kappa shape index (κ1) is 30.9. The lowest BCUT2D eigenvalue weighted by Gasteiger charge is -2.34. The number of thiazole rings is 1. The predicted molar refractivity (Wildman–Crippen MR) is 166 cm³/mol. The molecule has 3 aromatic rings. The van der Waals surface area contributed by atoms with Gasteiger partial charge in [-0.15, -0.1) is 0 Å². The van der Waals surface area contributed by atoms with Gasteiger partial charge in [-0.25, -0.2) is 15.0 Å². The number of hydrogen-bond acceptors (Lipinski definition) is 9. The zero-order valence-corrected chi connectivity index (χ0v) is 26.8. The van der Waals surface area contributed by atoms with Gasteiger partial charge in [0, 0.05) is 45.5 Å². The number of likely N-dealkylation sites (tertiary alicyclic amines) is 1. The van der Waals surface area contributed by atoms with Gasteiger partial charge < -0.3 is 10.0 Å². The normalized spacial score (nSPS) is 20.6. The highest BCUT2D eigenvalue weighted by molar-refractivity contribution is 7.90. The van der Waals surface area contributed by atoms with Crippen LogP contribution in [0.25, 0.3) is 10.3 Å². The van der Waals surface area contributed by atoms with E-state index in [1.54, 1.807) is 12.3 Å². The molecule has 0 aromatic carbocycles. The van der Waals surface area contributed by atoms with E-state index in [1.807, 2.05) is 6.07 Å². The van der Waals surface area contributed by atoms with Gasteiger partial charge in [0.25, 0.3) is 0 Å². The Hall–Kier alpha value is -2.51. The van der Waals surface area contributed by atoms with Crippen molar-refractivity contribution in [1.29, 1.82) is 0 Å². The Bertz CT molecular complexity index is 1530. The van der Waals surface area contributed by atoms with E-state index < -0.39 is 10.2 Å². The molecule has 228 valence electrons. The number of β-amino-alcohol motifs (C(OH)–C–C–N with tert-alkyl or cyclic N) is 1. The second-order valence-corrected chi connectivity index (χ2v) is 15.8. The summed E-state index contributed by atoms with van der Waals surface area (Å²) in [7, 11) is -0.777. The van der Waals surface area contributed by atoms with Gasteiger partial charge in [0.05, 0.1) is 6.10 Å². The average Bonchev–Trinajstić information content (AvgIpc) is 3.54. The number of ketones is 1. The summed E-state index contributed by atoms with van der Waals surface area (Å²) in [6.45, 7) is 9.09. The maximum atomic E-state index is 13.6. The van der Waals surface area contributed by atoms with E-state index in [0.29, 0.717) is 23.9 Å². The van der Waals surface area contributed by atoms with Crippen LogP contribution in [-0.2, 0) is 23.1 Å². The smallest absolute Gasteiger partial charge is 0.302 e. The molecule has 5 rings (SSSR count). The van der Waals surface area contributed by atoms with Gasteiger partial charge in [-0.2, -0.15) is 12.7 Å². The first-order chi connectivity index (χ1) is 19.8. The molecule has 12 heteroatoms. The Morgan fingerprint density at radius 2 is 2.02 bits per heavy atom. The quantitative estimate of drug-likeness (QED) is 0.324. The minimum Gasteiger partial charge on any atom is -0.392 e. The molecule has 1 aliphatic heterocycles. The van der Waals surface area contributed by atoms with Crippen LogP contribution >= 0.6 is 11.3 Å². The lowest BCUT2D eigenvalue weighted by molar-refractivity contribution is 0.0969. The van der Waals surface area contributed by atoms with E-state index in [4.69, 9.17) is 9.97 Å². The third-order valence-corrected chi connectivity index (χ3v) is 11.1. The number of anilines is 1. The fourth-order valence-electron chi connectivity index (χ4n) is 5.85. The Morgan fingerprint density at radius 1 is 1.24 bits per heavy atom. The standard InChI is InChI=1S/C30H42N6O4S2/c1-30(2,3)22-7-8-24-21(14-22)15-25-28(32-24)41-29(33-25)26(38)16-19(10-12-36-13-11-23(37)18-36)20-6-9-27(31-17-20)34-42(39,40)35(4)5/h6,9,15,17,19,22-23,37H,7-8,10-14,16,18H2,1-5H3,(H,31,34)/t19-,22-,23+/m0/s1. The highest BCUT2D eigenvalue weighted by atomic mass is 32.2. The van der Waals surface area contributed by atoms with Crippen molar-refractivity contribution in [3.05, 3.63) is 46.2 Å². The summed E-state index contributed by atoms with van der Waals surface area (Å²) in [5.74, 6) is 0.644. The molecule has 3 aromatic heterocycles. The first-order valence-electron chi connectivity index (χ1n) is 14.7. The van der Waals surface area contributed by atoms with Crippen molar-refractivity contribution in [2.24, 2.45) is 11.3 Å². The van der Waals surface area contributed by atoms with Crippen molar-refractivity contribution < 1.29 is 18.3 Å². The van der Waals surface area contributed by atoms with Crippen LogP contribution in [0.5, 0.6) is 0 Å². The van der Waals surface area contributed by atoms with E-state index in [0.717, 1.165) is 64.7 Å². The number of carbonyl (C=O) groups excluding carboxylic acids is 1. The molecule has 0 unspecified atom stereocenters. The fourth-order valence-corrected chi connectivity index (χ4v) is 7.31. The summed E-state index contributed by atoms with van der Waals surface area (Å²) < 4.78 is 27.9. The van der Waals surface area contributed by atoms with Gasteiger partial charge in [-0.05, 0) is 79.2 Å². The minimum atomic E-state index is -3.67. The number of nitrogens with one attached hydrogen (secondary N) is 1. The van der Waals surface area contributed by atoms with E-state index in [-0.39, 0.29) is 35.5 Å². The van der Waals surface area contributed by atoms with Crippen LogP contribution in [-0.4, -0.2) is 83.3 Å². The first-order valence-corrected chi connectivity index (χ1v) is 16.9. The zero-order chi connectivity index (χ0) is 30.2. The van der Waals surface area contributed by atoms with Crippen molar-refractivity contribution in [1.82, 2.24) is 24.2 Å². The van der Waals surface area contributed by atoms with E-state index in [9.17, 15) is 18.3 Å². The molecule has 0 amide bonds. The molecular formula is C30H42N6O4S2. The summed E-state index contributed by atoms with van der Waals surface area (Å²) in [5.41, 5.74) is 4.27. The molecular weight excluding hydrogens is 573 g/mol. The number of carbonyl (C=O) groups is 1. The Morgan fingerprint density at radius 3 is 2.67 bits per heavy atom. The van der Waals surface area contributed by atoms with Crippen molar-refractivity contribution in [2.45, 2.75) is 71.3 Å². The number of hydrogen-bond donors (Lipinski definition) is 2. The highest BCUT2D eigenvalue weighted by Gasteiger charge is 2.30. The van der Waals surface area contributed by atoms with Crippen molar-refractivity contribution in [3.8, 4) is 0 Å². The monoisotopic (exact) mass is 614 g/mol. The molecule has 0 bridgehead atoms. The summed E-state index contributed by atoms with van der Waals surface area (Å²) in [6.07, 6.45) is 6.11. The number of rotatable bonds is 10. The number of aliphatic hydroxyl groups is 1. The van der Waals surface area contributed by atoms with Crippen LogP contribution in [0.2, 0.25) is 0 Å². The van der Waals surface area contributed by atoms with Crippen LogP contribution in [0.1, 0.15) is 79.0 Å². The molecule has 1 aliphatic carbocycles. The third kappa shape index (κ3) is 7.16. The van der Waals surface area contributed by atoms with Gasteiger partial charge >= 0.3 is 10.2 Å². The fraction of sp³-hybridized carbons (Fsp3) is 0.600. The van der Waals surface area contributed by atoms with Crippen LogP contribution < -0.4 is 4.72 Å². The second kappa shape index (κ2) is 12.2. The number of aromatic nitrogens is 3. The molecule has 10 nitrogen and oxygen atoms in total. The van der Waals surface area contributed by atoms with Gasteiger partial charge in [-0.3, -0.25) is 9.52 Å². The lowest BCUT2D eigenvalue weighted by atomic mass is 9.71. The highest BCUT2D eigenvalue weighted by Crippen LogP contribution is 2.38. The molecule has 42 heavy (non-hydrogen) atoms. The van der Waals surface area contributed by atoms with Gasteiger partial charge in [0.2, 0.25) is 0 Å². The number of aliphatic hydroxyl groups excluding tert-OH is 1. The van der Waals surface area contributed by atoms with Crippen molar-refractivity contribution >= 4 is 43.5 Å². The minimum absolute atomic E-state index is 0.0348. The van der Waals surface area contributed by atoms with Gasteiger partial charge in [-0.1, -0.05) is 38.2 Å². The number of fused-ring (bicyclic) bond motifs is 2. The molecule has 0 saturated carbocycles. The van der Waals surface area contributed by atoms with E-state index in [2.05, 4.69) is 41.4 Å². The van der Waals surface area contributed by atoms with Gasteiger partial charge in [0.15, 0.2) is 10.8 Å². The molecule has 2 aliphatic rings. The lowest BCUT2D eigenvalue weighted by Crippen LogP contribution is -2.29. The topological polar surface area (TPSA) is 129 Å². The summed E-state index contributed by atoms with van der Waals surface area (Å²) in [5, 5.41) is 10.4. The summed E-state index contributed by atoms with van der Waals surface area (Å²) >= 11 is 1.36. The number of pyridine rings is 2. The van der Waals surface area contributed by atoms with Crippen LogP contribution in [0.15, 0.2) is 24.4 Å². The molecule has 0 radical (unpaired) electrons. The largest absolute Gasteiger partial charge is 0.392 e. The third-order valence-electron chi connectivity index (χ3n) is 8.66. The van der Waals surface area contributed by atoms with Crippen LogP contribution in [0.4, 0.5) is 5.82 Å². The Balaban J connectivity index is 1.34. The molecule has 1 saturated heterocycles. The van der Waals surface area contributed by atoms with Crippen molar-refractivity contribution in [3.63, 3.8) is 0 Å².